The fraction of sp³-hybridized carbons (Fsp3) is 0.207. The molecule has 9 nitrogen and oxygen atoms in total. The van der Waals surface area contributed by atoms with Gasteiger partial charge in [0.25, 0.3) is 5.91 Å². The van der Waals surface area contributed by atoms with Crippen molar-refractivity contribution in [3.63, 3.8) is 0 Å². The summed E-state index contributed by atoms with van der Waals surface area (Å²) in [5.74, 6) is 2.14. The van der Waals surface area contributed by atoms with Gasteiger partial charge < -0.3 is 24.8 Å². The number of nitrogens with zero attached hydrogens (tertiary/aromatic N) is 3. The van der Waals surface area contributed by atoms with E-state index >= 15 is 0 Å². The lowest BCUT2D eigenvalue weighted by Crippen LogP contribution is -2.31. The SMILES string of the molecule is CCOc1cc(C2C(C(=O)Nc3ccc(OC)cc3)=C(C)Nc3ncnn32)ccc1OCc1ccc(Cl)cc1. The van der Waals surface area contributed by atoms with Crippen molar-refractivity contribution in [2.45, 2.75) is 26.5 Å². The van der Waals surface area contributed by atoms with Crippen LogP contribution in [0, 0.1) is 0 Å². The molecule has 5 rings (SSSR count). The van der Waals surface area contributed by atoms with E-state index in [2.05, 4.69) is 20.7 Å². The van der Waals surface area contributed by atoms with Crippen LogP contribution < -0.4 is 24.8 Å². The first kappa shape index (κ1) is 26.1. The average Bonchev–Trinajstić information content (AvgIpc) is 3.41. The summed E-state index contributed by atoms with van der Waals surface area (Å²) in [5, 5.41) is 11.3. The van der Waals surface area contributed by atoms with Gasteiger partial charge in [0.15, 0.2) is 11.5 Å². The molecular formula is C29H28ClN5O4. The molecule has 200 valence electrons. The van der Waals surface area contributed by atoms with Crippen LogP contribution in [0.1, 0.15) is 31.0 Å². The fourth-order valence-corrected chi connectivity index (χ4v) is 4.52. The second-order valence-electron chi connectivity index (χ2n) is 8.83. The van der Waals surface area contributed by atoms with E-state index in [0.717, 1.165) is 11.1 Å². The number of benzene rings is 3. The Morgan fingerprint density at radius 3 is 2.54 bits per heavy atom. The zero-order valence-electron chi connectivity index (χ0n) is 21.8. The van der Waals surface area contributed by atoms with Gasteiger partial charge in [-0.05, 0) is 73.5 Å². The molecule has 1 aromatic heterocycles. The van der Waals surface area contributed by atoms with Gasteiger partial charge in [0.1, 0.15) is 24.7 Å². The molecule has 1 atom stereocenters. The molecule has 1 aliphatic heterocycles. The van der Waals surface area contributed by atoms with Crippen LogP contribution in [0.15, 0.2) is 84.3 Å². The number of anilines is 2. The number of rotatable bonds is 9. The summed E-state index contributed by atoms with van der Waals surface area (Å²) in [5.41, 5.74) is 3.59. The molecule has 1 aliphatic rings. The van der Waals surface area contributed by atoms with E-state index in [1.807, 2.05) is 56.3 Å². The predicted octanol–water partition coefficient (Wildman–Crippen LogP) is 5.85. The van der Waals surface area contributed by atoms with Crippen LogP contribution in [0.4, 0.5) is 11.6 Å². The highest BCUT2D eigenvalue weighted by Gasteiger charge is 2.34. The quantitative estimate of drug-likeness (QED) is 0.272. The molecule has 3 aromatic carbocycles. The van der Waals surface area contributed by atoms with Crippen LogP contribution >= 0.6 is 11.6 Å². The largest absolute Gasteiger partial charge is 0.497 e. The van der Waals surface area contributed by atoms with E-state index < -0.39 is 6.04 Å². The molecule has 2 N–H and O–H groups in total. The maximum atomic E-state index is 13.6. The minimum atomic E-state index is -0.550. The number of halogens is 1. The Kier molecular flexibility index (Phi) is 7.69. The van der Waals surface area contributed by atoms with Crippen molar-refractivity contribution in [1.82, 2.24) is 14.8 Å². The molecule has 0 aliphatic carbocycles. The Morgan fingerprint density at radius 1 is 1.05 bits per heavy atom. The summed E-state index contributed by atoms with van der Waals surface area (Å²) in [6.45, 7) is 4.56. The lowest BCUT2D eigenvalue weighted by atomic mass is 9.94. The van der Waals surface area contributed by atoms with Gasteiger partial charge in [0, 0.05) is 16.4 Å². The van der Waals surface area contributed by atoms with Crippen LogP contribution in [-0.4, -0.2) is 34.4 Å². The van der Waals surface area contributed by atoms with E-state index in [0.29, 0.717) is 58.4 Å². The Bertz CT molecular complexity index is 1500. The Labute approximate surface area is 231 Å². The van der Waals surface area contributed by atoms with Crippen molar-refractivity contribution in [3.8, 4) is 17.2 Å². The molecule has 0 saturated heterocycles. The molecule has 0 spiro atoms. The fourth-order valence-electron chi connectivity index (χ4n) is 4.39. The van der Waals surface area contributed by atoms with E-state index in [4.69, 9.17) is 25.8 Å². The van der Waals surface area contributed by atoms with Gasteiger partial charge in [-0.15, -0.1) is 0 Å². The zero-order chi connectivity index (χ0) is 27.4. The van der Waals surface area contributed by atoms with Crippen molar-refractivity contribution in [1.29, 1.82) is 0 Å². The Morgan fingerprint density at radius 2 is 1.82 bits per heavy atom. The minimum absolute atomic E-state index is 0.266. The van der Waals surface area contributed by atoms with Gasteiger partial charge in [-0.25, -0.2) is 4.68 Å². The van der Waals surface area contributed by atoms with Gasteiger partial charge in [-0.1, -0.05) is 29.8 Å². The molecule has 10 heteroatoms. The predicted molar refractivity (Wildman–Crippen MR) is 150 cm³/mol. The van der Waals surface area contributed by atoms with Crippen LogP contribution in [0.5, 0.6) is 17.2 Å². The number of hydrogen-bond donors (Lipinski definition) is 2. The van der Waals surface area contributed by atoms with Crippen LogP contribution in [0.3, 0.4) is 0 Å². The van der Waals surface area contributed by atoms with Gasteiger partial charge >= 0.3 is 0 Å². The maximum Gasteiger partial charge on any atom is 0.255 e. The first-order valence-corrected chi connectivity index (χ1v) is 12.8. The molecule has 1 unspecified atom stereocenters. The minimum Gasteiger partial charge on any atom is -0.497 e. The smallest absolute Gasteiger partial charge is 0.255 e. The number of ether oxygens (including phenoxy) is 3. The number of nitrogens with one attached hydrogen (secondary N) is 2. The monoisotopic (exact) mass is 545 g/mol. The summed E-state index contributed by atoms with van der Waals surface area (Å²) in [6, 6.07) is 19.7. The molecule has 0 radical (unpaired) electrons. The molecule has 0 saturated carbocycles. The van der Waals surface area contributed by atoms with Crippen LogP contribution in [0.25, 0.3) is 0 Å². The van der Waals surface area contributed by atoms with E-state index in [-0.39, 0.29) is 5.91 Å². The molecular weight excluding hydrogens is 518 g/mol. The number of hydrogen-bond acceptors (Lipinski definition) is 7. The van der Waals surface area contributed by atoms with Crippen molar-refractivity contribution < 1.29 is 19.0 Å². The summed E-state index contributed by atoms with van der Waals surface area (Å²) in [4.78, 5) is 18.0. The summed E-state index contributed by atoms with van der Waals surface area (Å²) >= 11 is 6.00. The van der Waals surface area contributed by atoms with Crippen LogP contribution in [-0.2, 0) is 11.4 Å². The molecule has 4 aromatic rings. The number of allylic oxidation sites excluding steroid dienone is 1. The number of carbonyl (C=O) groups is 1. The van der Waals surface area contributed by atoms with E-state index in [1.165, 1.54) is 6.33 Å². The number of fused-ring (bicyclic) bond motifs is 1. The van der Waals surface area contributed by atoms with E-state index in [1.54, 1.807) is 36.1 Å². The first-order valence-electron chi connectivity index (χ1n) is 12.4. The van der Waals surface area contributed by atoms with Crippen molar-refractivity contribution in [2.75, 3.05) is 24.4 Å². The maximum absolute atomic E-state index is 13.6. The highest BCUT2D eigenvalue weighted by molar-refractivity contribution is 6.30. The molecule has 2 heterocycles. The second-order valence-corrected chi connectivity index (χ2v) is 9.27. The lowest BCUT2D eigenvalue weighted by molar-refractivity contribution is -0.113. The number of amides is 1. The van der Waals surface area contributed by atoms with Gasteiger partial charge in [-0.3, -0.25) is 4.79 Å². The molecule has 0 fully saturated rings. The highest BCUT2D eigenvalue weighted by Crippen LogP contribution is 2.39. The normalized spacial score (nSPS) is 14.3. The van der Waals surface area contributed by atoms with Crippen LogP contribution in [0.2, 0.25) is 5.02 Å². The molecule has 1 amide bonds. The second kappa shape index (κ2) is 11.5. The zero-order valence-corrected chi connectivity index (χ0v) is 22.5. The van der Waals surface area contributed by atoms with Crippen molar-refractivity contribution in [3.05, 3.63) is 100 Å². The standard InChI is InChI=1S/C29H28ClN5O4/c1-4-38-25-15-20(7-14-24(25)39-16-19-5-8-21(30)9-6-19)27-26(18(2)33-29-31-17-32-35(27)29)28(36)34-22-10-12-23(37-3)13-11-22/h5-15,17,27H,4,16H2,1-3H3,(H,34,36)(H,31,32,33). The van der Waals surface area contributed by atoms with Gasteiger partial charge in [-0.2, -0.15) is 10.1 Å². The van der Waals surface area contributed by atoms with Crippen molar-refractivity contribution >= 4 is 29.1 Å². The number of carbonyl (C=O) groups excluding carboxylic acids is 1. The Hall–Kier alpha value is -4.50. The first-order chi connectivity index (χ1) is 19.0. The third-order valence-electron chi connectivity index (χ3n) is 6.28. The third kappa shape index (κ3) is 5.68. The van der Waals surface area contributed by atoms with Gasteiger partial charge in [0.2, 0.25) is 5.95 Å². The van der Waals surface area contributed by atoms with Crippen molar-refractivity contribution in [2.24, 2.45) is 0 Å². The summed E-state index contributed by atoms with van der Waals surface area (Å²) < 4.78 is 19.0. The van der Waals surface area contributed by atoms with Gasteiger partial charge in [0.05, 0.1) is 19.3 Å². The third-order valence-corrected chi connectivity index (χ3v) is 6.53. The number of methoxy groups -OCH3 is 1. The molecule has 0 bridgehead atoms. The Balaban J connectivity index is 1.46. The van der Waals surface area contributed by atoms with E-state index in [9.17, 15) is 4.79 Å². The number of aromatic nitrogens is 3. The lowest BCUT2D eigenvalue weighted by Gasteiger charge is -2.29. The highest BCUT2D eigenvalue weighted by atomic mass is 35.5. The summed E-state index contributed by atoms with van der Waals surface area (Å²) in [6.07, 6.45) is 1.46. The topological polar surface area (TPSA) is 99.5 Å². The average molecular weight is 546 g/mol. The molecule has 39 heavy (non-hydrogen) atoms. The summed E-state index contributed by atoms with van der Waals surface area (Å²) in [7, 11) is 1.60.